The summed E-state index contributed by atoms with van der Waals surface area (Å²) in [5.74, 6) is -0.854. The van der Waals surface area contributed by atoms with Crippen LogP contribution in [0.2, 0.25) is 0 Å². The third kappa shape index (κ3) is 58.7. The number of esters is 3. The average Bonchev–Trinajstić information content (AvgIpc) is 3.37. The summed E-state index contributed by atoms with van der Waals surface area (Å²) in [5, 5.41) is 0. The predicted octanol–water partition coefficient (Wildman–Crippen LogP) is 21.4. The van der Waals surface area contributed by atoms with E-state index in [4.69, 9.17) is 14.2 Å². The Hall–Kier alpha value is -2.11. The van der Waals surface area contributed by atoms with E-state index < -0.39 is 6.10 Å². The summed E-state index contributed by atoms with van der Waals surface area (Å²) in [6.45, 7) is 6.69. The van der Waals surface area contributed by atoms with Crippen LogP contribution in [0.25, 0.3) is 0 Å². The van der Waals surface area contributed by atoms with Gasteiger partial charge in [-0.1, -0.05) is 289 Å². The molecule has 71 heavy (non-hydrogen) atoms. The fourth-order valence-corrected chi connectivity index (χ4v) is 9.61. The lowest BCUT2D eigenvalue weighted by molar-refractivity contribution is -0.167. The Balaban J connectivity index is 4.32. The van der Waals surface area contributed by atoms with Gasteiger partial charge in [-0.05, 0) is 70.6 Å². The molecule has 0 spiro atoms. The molecule has 1 atom stereocenters. The molecule has 0 aromatic carbocycles. The number of carbonyl (C=O) groups is 3. The maximum Gasteiger partial charge on any atom is 0.306 e. The fraction of sp³-hybridized carbons (Fsp3) is 0.892. The molecule has 0 N–H and O–H groups in total. The van der Waals surface area contributed by atoms with E-state index in [1.165, 1.54) is 250 Å². The highest BCUT2D eigenvalue weighted by Gasteiger charge is 2.19. The molecule has 0 aliphatic rings. The highest BCUT2D eigenvalue weighted by molar-refractivity contribution is 5.71. The van der Waals surface area contributed by atoms with Crippen LogP contribution < -0.4 is 0 Å². The summed E-state index contributed by atoms with van der Waals surface area (Å²) in [7, 11) is 0. The molecule has 418 valence electrons. The van der Waals surface area contributed by atoms with Crippen molar-refractivity contribution in [3.8, 4) is 0 Å². The van der Waals surface area contributed by atoms with Crippen molar-refractivity contribution >= 4 is 17.9 Å². The number of rotatable bonds is 59. The molecular formula is C65H122O6. The van der Waals surface area contributed by atoms with Crippen LogP contribution in [0.5, 0.6) is 0 Å². The second-order valence-electron chi connectivity index (χ2n) is 21.7. The summed E-state index contributed by atoms with van der Waals surface area (Å²) >= 11 is 0. The Morgan fingerprint density at radius 1 is 0.268 bits per heavy atom. The number of hydrogen-bond acceptors (Lipinski definition) is 6. The molecule has 0 amide bonds. The van der Waals surface area contributed by atoms with Crippen LogP contribution in [0, 0.1) is 0 Å². The third-order valence-electron chi connectivity index (χ3n) is 14.4. The molecular weight excluding hydrogens is 877 g/mol. The molecule has 0 saturated heterocycles. The van der Waals surface area contributed by atoms with E-state index in [2.05, 4.69) is 45.1 Å². The van der Waals surface area contributed by atoms with E-state index in [1.807, 2.05) is 0 Å². The van der Waals surface area contributed by atoms with Crippen molar-refractivity contribution in [3.05, 3.63) is 24.3 Å². The molecule has 0 aliphatic carbocycles. The molecule has 6 nitrogen and oxygen atoms in total. The zero-order valence-electron chi connectivity index (χ0n) is 48.0. The van der Waals surface area contributed by atoms with Crippen molar-refractivity contribution < 1.29 is 28.6 Å². The minimum absolute atomic E-state index is 0.0701. The van der Waals surface area contributed by atoms with E-state index in [-0.39, 0.29) is 31.1 Å². The van der Waals surface area contributed by atoms with Gasteiger partial charge in [0.25, 0.3) is 0 Å². The molecule has 0 rings (SSSR count). The lowest BCUT2D eigenvalue weighted by atomic mass is 10.0. The number of ether oxygens (including phenoxy) is 3. The SMILES string of the molecule is CCCCCCCC/C=C\CCCCCCCCCCCC(=O)OC[C@@H](COC(=O)CCCCCCC/C=C\CCCCCCCC)OC(=O)CCCCCCCCCCCCCCCCCCCCC. The molecule has 0 bridgehead atoms. The monoisotopic (exact) mass is 999 g/mol. The Bertz CT molecular complexity index is 1150. The van der Waals surface area contributed by atoms with Gasteiger partial charge in [0.15, 0.2) is 6.10 Å². The lowest BCUT2D eigenvalue weighted by Crippen LogP contribution is -2.30. The Morgan fingerprint density at radius 2 is 0.465 bits per heavy atom. The summed E-state index contributed by atoms with van der Waals surface area (Å²) in [6.07, 6.45) is 71.8. The molecule has 6 heteroatoms. The summed E-state index contributed by atoms with van der Waals surface area (Å²) < 4.78 is 16.9. The highest BCUT2D eigenvalue weighted by Crippen LogP contribution is 2.17. The van der Waals surface area contributed by atoms with E-state index >= 15 is 0 Å². The van der Waals surface area contributed by atoms with Crippen molar-refractivity contribution in [1.29, 1.82) is 0 Å². The molecule has 0 unspecified atom stereocenters. The van der Waals surface area contributed by atoms with Crippen LogP contribution in [-0.2, 0) is 28.6 Å². The minimum Gasteiger partial charge on any atom is -0.462 e. The van der Waals surface area contributed by atoms with Crippen molar-refractivity contribution in [2.24, 2.45) is 0 Å². The van der Waals surface area contributed by atoms with E-state index in [9.17, 15) is 14.4 Å². The predicted molar refractivity (Wildman–Crippen MR) is 307 cm³/mol. The molecule has 0 fully saturated rings. The molecule has 0 saturated carbocycles. The normalized spacial score (nSPS) is 12.1. The number of hydrogen-bond donors (Lipinski definition) is 0. The molecule has 0 aromatic heterocycles. The van der Waals surface area contributed by atoms with Crippen LogP contribution in [0.1, 0.15) is 355 Å². The van der Waals surface area contributed by atoms with E-state index in [0.29, 0.717) is 19.3 Å². The standard InChI is InChI=1S/C65H122O6/c1-4-7-10-13-16-19-22-25-28-30-32-34-37-40-43-46-49-52-55-58-64(67)70-61-62(60-69-63(66)57-54-51-48-45-42-39-36-27-24-21-18-15-12-9-6-3)71-65(68)59-56-53-50-47-44-41-38-35-33-31-29-26-23-20-17-14-11-8-5-2/h25,27-28,36,62H,4-24,26,29-35,37-61H2,1-3H3/b28-25-,36-27-/t62-/m1/s1. The number of carbonyl (C=O) groups excluding carboxylic acids is 3. The number of unbranched alkanes of at least 4 members (excludes halogenated alkanes) is 44. The zero-order chi connectivity index (χ0) is 51.4. The lowest BCUT2D eigenvalue weighted by Gasteiger charge is -2.18. The van der Waals surface area contributed by atoms with Crippen molar-refractivity contribution in [2.45, 2.75) is 361 Å². The Morgan fingerprint density at radius 3 is 0.704 bits per heavy atom. The van der Waals surface area contributed by atoms with Gasteiger partial charge in [-0.15, -0.1) is 0 Å². The van der Waals surface area contributed by atoms with Gasteiger partial charge < -0.3 is 14.2 Å². The average molecular weight is 1000 g/mol. The van der Waals surface area contributed by atoms with Crippen molar-refractivity contribution in [1.82, 2.24) is 0 Å². The Kier molecular flexibility index (Phi) is 58.6. The first-order valence-electron chi connectivity index (χ1n) is 31.8. The van der Waals surface area contributed by atoms with Gasteiger partial charge in [0.2, 0.25) is 0 Å². The van der Waals surface area contributed by atoms with E-state index in [1.54, 1.807) is 0 Å². The second kappa shape index (κ2) is 60.4. The number of allylic oxidation sites excluding steroid dienone is 4. The van der Waals surface area contributed by atoms with Gasteiger partial charge in [0, 0.05) is 19.3 Å². The third-order valence-corrected chi connectivity index (χ3v) is 14.4. The van der Waals surface area contributed by atoms with Crippen molar-refractivity contribution in [2.75, 3.05) is 13.2 Å². The first kappa shape index (κ1) is 68.9. The zero-order valence-corrected chi connectivity index (χ0v) is 48.0. The second-order valence-corrected chi connectivity index (χ2v) is 21.7. The summed E-state index contributed by atoms with van der Waals surface area (Å²) in [5.41, 5.74) is 0. The maximum absolute atomic E-state index is 12.9. The highest BCUT2D eigenvalue weighted by atomic mass is 16.6. The smallest absolute Gasteiger partial charge is 0.306 e. The van der Waals surface area contributed by atoms with E-state index in [0.717, 1.165) is 64.2 Å². The molecule has 0 aromatic rings. The molecule has 0 aliphatic heterocycles. The van der Waals surface area contributed by atoms with Crippen LogP contribution in [0.15, 0.2) is 24.3 Å². The molecule has 0 radical (unpaired) electrons. The van der Waals surface area contributed by atoms with Crippen LogP contribution in [-0.4, -0.2) is 37.2 Å². The molecule has 0 heterocycles. The van der Waals surface area contributed by atoms with Gasteiger partial charge in [0.1, 0.15) is 13.2 Å². The van der Waals surface area contributed by atoms with Crippen LogP contribution in [0.4, 0.5) is 0 Å². The van der Waals surface area contributed by atoms with Gasteiger partial charge >= 0.3 is 17.9 Å². The quantitative estimate of drug-likeness (QED) is 0.0261. The first-order valence-corrected chi connectivity index (χ1v) is 31.8. The van der Waals surface area contributed by atoms with Crippen LogP contribution in [0.3, 0.4) is 0 Å². The van der Waals surface area contributed by atoms with Gasteiger partial charge in [0.05, 0.1) is 0 Å². The van der Waals surface area contributed by atoms with Gasteiger partial charge in [-0.25, -0.2) is 0 Å². The maximum atomic E-state index is 12.9. The van der Waals surface area contributed by atoms with Gasteiger partial charge in [-0.2, -0.15) is 0 Å². The minimum atomic E-state index is -0.772. The van der Waals surface area contributed by atoms with Crippen molar-refractivity contribution in [3.63, 3.8) is 0 Å². The summed E-state index contributed by atoms with van der Waals surface area (Å²) in [6, 6.07) is 0. The topological polar surface area (TPSA) is 78.9 Å². The van der Waals surface area contributed by atoms with Gasteiger partial charge in [-0.3, -0.25) is 14.4 Å². The fourth-order valence-electron chi connectivity index (χ4n) is 9.61. The summed E-state index contributed by atoms with van der Waals surface area (Å²) in [4.78, 5) is 38.3. The first-order chi connectivity index (χ1) is 35.0. The Labute approximate surface area is 443 Å². The largest absolute Gasteiger partial charge is 0.462 e. The van der Waals surface area contributed by atoms with Crippen LogP contribution >= 0.6 is 0 Å².